The Morgan fingerprint density at radius 1 is 1.33 bits per heavy atom. The molecule has 0 amide bonds. The zero-order chi connectivity index (χ0) is 15.1. The second-order valence-corrected chi connectivity index (χ2v) is 5.51. The van der Waals surface area contributed by atoms with Gasteiger partial charge in [0.05, 0.1) is 31.1 Å². The molecule has 1 fully saturated rings. The smallest absolute Gasteiger partial charge is 0.0995 e. The molecule has 1 aromatic carbocycles. The number of nitrogens with zero attached hydrogens (tertiary/aromatic N) is 1. The van der Waals surface area contributed by atoms with Crippen LogP contribution in [0.2, 0.25) is 0 Å². The highest BCUT2D eigenvalue weighted by Gasteiger charge is 2.24. The molecule has 0 spiro atoms. The monoisotopic (exact) mass is 291 g/mol. The number of rotatable bonds is 7. The molecule has 1 unspecified atom stereocenters. The average Bonchev–Trinajstić information content (AvgIpc) is 2.52. The van der Waals surface area contributed by atoms with Crippen LogP contribution < -0.4 is 5.73 Å². The van der Waals surface area contributed by atoms with E-state index in [-0.39, 0.29) is 24.5 Å². The zero-order valence-corrected chi connectivity index (χ0v) is 12.4. The molecular weight excluding hydrogens is 266 g/mol. The highest BCUT2D eigenvalue weighted by atomic mass is 16.5. The van der Waals surface area contributed by atoms with E-state index in [2.05, 4.69) is 4.90 Å². The van der Waals surface area contributed by atoms with Gasteiger partial charge in [-0.15, -0.1) is 0 Å². The lowest BCUT2D eigenvalue weighted by Gasteiger charge is -2.34. The van der Waals surface area contributed by atoms with Crippen LogP contribution in [-0.2, 0) is 4.74 Å². The molecule has 0 aliphatic carbocycles. The van der Waals surface area contributed by atoms with Crippen LogP contribution in [-0.4, -0.2) is 54.8 Å². The average molecular weight is 291 g/mol. The van der Waals surface area contributed by atoms with Crippen molar-refractivity contribution < 1.29 is 9.84 Å². The topological polar surface area (TPSA) is 82.6 Å². The molecule has 1 aliphatic heterocycles. The number of hydrogen-bond donors (Lipinski definition) is 3. The van der Waals surface area contributed by atoms with Gasteiger partial charge in [0.1, 0.15) is 0 Å². The van der Waals surface area contributed by atoms with E-state index in [0.29, 0.717) is 6.61 Å². The van der Waals surface area contributed by atoms with E-state index >= 15 is 0 Å². The molecule has 21 heavy (non-hydrogen) atoms. The number of nitrogens with two attached hydrogens (primary N) is 1. The van der Waals surface area contributed by atoms with Gasteiger partial charge >= 0.3 is 0 Å². The first kappa shape index (κ1) is 15.9. The summed E-state index contributed by atoms with van der Waals surface area (Å²) < 4.78 is 5.57. The van der Waals surface area contributed by atoms with Crippen molar-refractivity contribution in [1.29, 1.82) is 5.41 Å². The summed E-state index contributed by atoms with van der Waals surface area (Å²) in [5.41, 5.74) is 6.88. The van der Waals surface area contributed by atoms with Crippen molar-refractivity contribution in [3.8, 4) is 0 Å². The lowest BCUT2D eigenvalue weighted by molar-refractivity contribution is -0.00782. The number of nitrogens with one attached hydrogen (secondary N) is 1. The van der Waals surface area contributed by atoms with Crippen molar-refractivity contribution in [2.45, 2.75) is 24.9 Å². The standard InChI is InChI=1S/C16H25N3O2/c17-16(18)15(13-4-2-1-3-5-13)12-19-8-6-14(7-9-19)21-11-10-20/h1-5,14-15,20H,6-12H2,(H3,17,18). The fourth-order valence-electron chi connectivity index (χ4n) is 2.80. The summed E-state index contributed by atoms with van der Waals surface area (Å²) in [6, 6.07) is 10.0. The third-order valence-corrected chi connectivity index (χ3v) is 4.00. The quantitative estimate of drug-likeness (QED) is 0.520. The molecule has 2 rings (SSSR count). The van der Waals surface area contributed by atoms with Crippen LogP contribution in [0.5, 0.6) is 0 Å². The van der Waals surface area contributed by atoms with Gasteiger partial charge in [0.25, 0.3) is 0 Å². The first-order valence-electron chi connectivity index (χ1n) is 7.54. The fraction of sp³-hybridized carbons (Fsp3) is 0.562. The second kappa shape index (κ2) is 8.12. The normalized spacial score (nSPS) is 18.5. The number of likely N-dealkylation sites (tertiary alicyclic amines) is 1. The van der Waals surface area contributed by atoms with E-state index < -0.39 is 0 Å². The predicted octanol–water partition coefficient (Wildman–Crippen LogP) is 1.18. The maximum atomic E-state index is 8.78. The zero-order valence-electron chi connectivity index (χ0n) is 12.4. The molecule has 0 aromatic heterocycles. The van der Waals surface area contributed by atoms with Gasteiger partial charge in [-0.25, -0.2) is 0 Å². The molecule has 5 heteroatoms. The van der Waals surface area contributed by atoms with Gasteiger partial charge < -0.3 is 20.5 Å². The third-order valence-electron chi connectivity index (χ3n) is 4.00. The van der Waals surface area contributed by atoms with Gasteiger partial charge in [-0.3, -0.25) is 5.41 Å². The Morgan fingerprint density at radius 3 is 2.57 bits per heavy atom. The highest BCUT2D eigenvalue weighted by molar-refractivity contribution is 5.84. The number of aliphatic hydroxyl groups excluding tert-OH is 1. The molecule has 1 aromatic rings. The van der Waals surface area contributed by atoms with E-state index in [9.17, 15) is 0 Å². The van der Waals surface area contributed by atoms with Crippen LogP contribution in [0.1, 0.15) is 24.3 Å². The number of ether oxygens (including phenoxy) is 1. The van der Waals surface area contributed by atoms with Crippen LogP contribution in [0.3, 0.4) is 0 Å². The Hall–Kier alpha value is -1.43. The number of benzene rings is 1. The van der Waals surface area contributed by atoms with Gasteiger partial charge in [-0.05, 0) is 18.4 Å². The maximum Gasteiger partial charge on any atom is 0.0995 e. The lowest BCUT2D eigenvalue weighted by Crippen LogP contribution is -2.41. The Morgan fingerprint density at radius 2 is 2.00 bits per heavy atom. The van der Waals surface area contributed by atoms with Crippen LogP contribution in [0.4, 0.5) is 0 Å². The Labute approximate surface area is 126 Å². The van der Waals surface area contributed by atoms with Crippen LogP contribution in [0, 0.1) is 5.41 Å². The minimum atomic E-state index is -0.0406. The largest absolute Gasteiger partial charge is 0.394 e. The Bertz CT molecular complexity index is 430. The molecule has 1 saturated heterocycles. The Kier molecular flexibility index (Phi) is 6.17. The third kappa shape index (κ3) is 4.81. The van der Waals surface area contributed by atoms with Gasteiger partial charge in [0.15, 0.2) is 0 Å². The van der Waals surface area contributed by atoms with Crippen molar-refractivity contribution in [2.75, 3.05) is 32.8 Å². The summed E-state index contributed by atoms with van der Waals surface area (Å²) in [5, 5.41) is 16.6. The number of amidine groups is 1. The van der Waals surface area contributed by atoms with Crippen LogP contribution >= 0.6 is 0 Å². The molecule has 1 aliphatic rings. The van der Waals surface area contributed by atoms with Crippen molar-refractivity contribution in [1.82, 2.24) is 4.90 Å². The predicted molar refractivity (Wildman–Crippen MR) is 83.6 cm³/mol. The van der Waals surface area contributed by atoms with E-state index in [4.69, 9.17) is 21.0 Å². The molecule has 0 radical (unpaired) electrons. The van der Waals surface area contributed by atoms with Gasteiger partial charge in [0.2, 0.25) is 0 Å². The lowest BCUT2D eigenvalue weighted by atomic mass is 9.96. The SMILES string of the molecule is N=C(N)C(CN1CCC(OCCO)CC1)c1ccccc1. The number of aliphatic hydroxyl groups is 1. The summed E-state index contributed by atoms with van der Waals surface area (Å²) in [6.07, 6.45) is 2.19. The molecule has 116 valence electrons. The molecule has 4 N–H and O–H groups in total. The minimum Gasteiger partial charge on any atom is -0.394 e. The van der Waals surface area contributed by atoms with E-state index in [1.54, 1.807) is 0 Å². The summed E-state index contributed by atoms with van der Waals surface area (Å²) in [4.78, 5) is 2.35. The summed E-state index contributed by atoms with van der Waals surface area (Å²) in [7, 11) is 0. The fourth-order valence-corrected chi connectivity index (χ4v) is 2.80. The first-order chi connectivity index (χ1) is 10.2. The van der Waals surface area contributed by atoms with E-state index in [1.807, 2.05) is 30.3 Å². The molecule has 0 saturated carbocycles. The van der Waals surface area contributed by atoms with Crippen molar-refractivity contribution in [2.24, 2.45) is 5.73 Å². The maximum absolute atomic E-state index is 8.78. The van der Waals surface area contributed by atoms with Crippen molar-refractivity contribution >= 4 is 5.84 Å². The van der Waals surface area contributed by atoms with Gasteiger partial charge in [-0.1, -0.05) is 30.3 Å². The number of piperidine rings is 1. The first-order valence-corrected chi connectivity index (χ1v) is 7.54. The minimum absolute atomic E-state index is 0.0406. The van der Waals surface area contributed by atoms with Crippen molar-refractivity contribution in [3.63, 3.8) is 0 Å². The van der Waals surface area contributed by atoms with Gasteiger partial charge in [0, 0.05) is 19.6 Å². The molecule has 0 bridgehead atoms. The summed E-state index contributed by atoms with van der Waals surface area (Å²) >= 11 is 0. The summed E-state index contributed by atoms with van der Waals surface area (Å²) in [5.74, 6) is 0.181. The van der Waals surface area contributed by atoms with Gasteiger partial charge in [-0.2, -0.15) is 0 Å². The molecule has 1 heterocycles. The highest BCUT2D eigenvalue weighted by Crippen LogP contribution is 2.20. The molecule has 5 nitrogen and oxygen atoms in total. The van der Waals surface area contributed by atoms with Crippen LogP contribution in [0.25, 0.3) is 0 Å². The molecule has 1 atom stereocenters. The Balaban J connectivity index is 1.87. The molecular formula is C16H25N3O2. The summed E-state index contributed by atoms with van der Waals surface area (Å²) in [6.45, 7) is 3.19. The number of hydrogen-bond acceptors (Lipinski definition) is 4. The van der Waals surface area contributed by atoms with Crippen molar-refractivity contribution in [3.05, 3.63) is 35.9 Å². The van der Waals surface area contributed by atoms with Crippen LogP contribution in [0.15, 0.2) is 30.3 Å². The van der Waals surface area contributed by atoms with E-state index in [1.165, 1.54) is 0 Å². The van der Waals surface area contributed by atoms with E-state index in [0.717, 1.165) is 38.0 Å². The second-order valence-electron chi connectivity index (χ2n) is 5.51.